The van der Waals surface area contributed by atoms with Crippen molar-refractivity contribution in [1.29, 1.82) is 0 Å². The average Bonchev–Trinajstić information content (AvgIpc) is 3.00. The van der Waals surface area contributed by atoms with Crippen LogP contribution in [0.25, 0.3) is 0 Å². The summed E-state index contributed by atoms with van der Waals surface area (Å²) < 4.78 is 0. The molecule has 2 aliphatic rings. The Kier molecular flexibility index (Phi) is 4.74. The molecule has 0 aromatic heterocycles. The highest BCUT2D eigenvalue weighted by atomic mass is 15.2. The second-order valence-electron chi connectivity index (χ2n) is 6.62. The van der Waals surface area contributed by atoms with E-state index in [1.165, 1.54) is 50.9 Å². The van der Waals surface area contributed by atoms with Gasteiger partial charge in [-0.25, -0.2) is 0 Å². The lowest BCUT2D eigenvalue weighted by molar-refractivity contribution is 0.205. The van der Waals surface area contributed by atoms with Crippen LogP contribution in [0.4, 0.5) is 0 Å². The summed E-state index contributed by atoms with van der Waals surface area (Å²) in [5, 5.41) is 3.46. The Labute approximate surface area is 123 Å². The van der Waals surface area contributed by atoms with E-state index in [-0.39, 0.29) is 0 Å². The summed E-state index contributed by atoms with van der Waals surface area (Å²) in [5.41, 5.74) is 2.99. The number of rotatable bonds is 4. The maximum absolute atomic E-state index is 3.46. The van der Waals surface area contributed by atoms with Crippen LogP contribution in [0.1, 0.15) is 42.7 Å². The van der Waals surface area contributed by atoms with Gasteiger partial charge in [0.2, 0.25) is 0 Å². The van der Waals surface area contributed by atoms with Gasteiger partial charge in [0.05, 0.1) is 0 Å². The molecule has 1 aliphatic heterocycles. The van der Waals surface area contributed by atoms with Crippen LogP contribution in [0.2, 0.25) is 0 Å². The molecule has 1 aliphatic carbocycles. The van der Waals surface area contributed by atoms with Crippen LogP contribution in [-0.4, -0.2) is 37.6 Å². The van der Waals surface area contributed by atoms with Crippen LogP contribution in [-0.2, 0) is 0 Å². The molecule has 0 spiro atoms. The van der Waals surface area contributed by atoms with E-state index in [1.54, 1.807) is 5.56 Å². The van der Waals surface area contributed by atoms with Crippen LogP contribution in [0, 0.1) is 12.8 Å². The van der Waals surface area contributed by atoms with E-state index in [9.17, 15) is 0 Å². The van der Waals surface area contributed by atoms with Crippen LogP contribution in [0.15, 0.2) is 24.3 Å². The van der Waals surface area contributed by atoms with Crippen molar-refractivity contribution >= 4 is 0 Å². The molecule has 1 unspecified atom stereocenters. The Morgan fingerprint density at radius 1 is 1.20 bits per heavy atom. The van der Waals surface area contributed by atoms with Gasteiger partial charge in [0.15, 0.2) is 0 Å². The topological polar surface area (TPSA) is 15.3 Å². The smallest absolute Gasteiger partial charge is 0.0108 e. The highest BCUT2D eigenvalue weighted by Crippen LogP contribution is 2.38. The number of hydrogen-bond acceptors (Lipinski definition) is 2. The van der Waals surface area contributed by atoms with E-state index < -0.39 is 0 Å². The minimum Gasteiger partial charge on any atom is -0.314 e. The minimum absolute atomic E-state index is 0.746. The van der Waals surface area contributed by atoms with Gasteiger partial charge in [0.1, 0.15) is 0 Å². The highest BCUT2D eigenvalue weighted by Gasteiger charge is 2.28. The van der Waals surface area contributed by atoms with Gasteiger partial charge in [-0.15, -0.1) is 0 Å². The van der Waals surface area contributed by atoms with E-state index in [2.05, 4.69) is 41.4 Å². The van der Waals surface area contributed by atoms with Crippen molar-refractivity contribution < 1.29 is 0 Å². The maximum Gasteiger partial charge on any atom is 0.0108 e. The summed E-state index contributed by atoms with van der Waals surface area (Å²) >= 11 is 0. The van der Waals surface area contributed by atoms with Gasteiger partial charge in [-0.3, -0.25) is 0 Å². The zero-order valence-electron chi connectivity index (χ0n) is 12.8. The number of nitrogens with zero attached hydrogens (tertiary/aromatic N) is 1. The molecule has 0 radical (unpaired) electrons. The molecule has 2 nitrogen and oxygen atoms in total. The lowest BCUT2D eigenvalue weighted by atomic mass is 9.83. The summed E-state index contributed by atoms with van der Waals surface area (Å²) in [4.78, 5) is 2.67. The fraction of sp³-hybridized carbons (Fsp3) is 0.667. The standard InChI is InChI=1S/C18H28N2/c1-15-5-4-8-17(13-15)18(16-6-2-3-7-16)14-20-11-9-19-10-12-20/h4-5,8,13,16,18-19H,2-3,6-7,9-12,14H2,1H3. The molecule has 0 bridgehead atoms. The lowest BCUT2D eigenvalue weighted by Crippen LogP contribution is -2.45. The van der Waals surface area contributed by atoms with Crippen LogP contribution < -0.4 is 5.32 Å². The summed E-state index contributed by atoms with van der Waals surface area (Å²) in [6, 6.07) is 9.24. The van der Waals surface area contributed by atoms with E-state index in [4.69, 9.17) is 0 Å². The van der Waals surface area contributed by atoms with Crippen molar-refractivity contribution in [2.24, 2.45) is 5.92 Å². The molecule has 1 N–H and O–H groups in total. The molecule has 1 atom stereocenters. The Morgan fingerprint density at radius 3 is 2.65 bits per heavy atom. The maximum atomic E-state index is 3.46. The summed E-state index contributed by atoms with van der Waals surface area (Å²) in [7, 11) is 0. The van der Waals surface area contributed by atoms with E-state index >= 15 is 0 Å². The van der Waals surface area contributed by atoms with Crippen molar-refractivity contribution in [1.82, 2.24) is 10.2 Å². The molecule has 20 heavy (non-hydrogen) atoms. The number of piperazine rings is 1. The van der Waals surface area contributed by atoms with Crippen molar-refractivity contribution in [3.8, 4) is 0 Å². The molecule has 1 aromatic carbocycles. The second-order valence-corrected chi connectivity index (χ2v) is 6.62. The van der Waals surface area contributed by atoms with Gasteiger partial charge in [-0.2, -0.15) is 0 Å². The third kappa shape index (κ3) is 3.42. The molecule has 1 saturated heterocycles. The Bertz CT molecular complexity index is 417. The molecular weight excluding hydrogens is 244 g/mol. The first-order valence-electron chi connectivity index (χ1n) is 8.32. The van der Waals surface area contributed by atoms with Gasteiger partial charge >= 0.3 is 0 Å². The first-order chi connectivity index (χ1) is 9.83. The van der Waals surface area contributed by atoms with Crippen molar-refractivity contribution in [3.05, 3.63) is 35.4 Å². The molecule has 1 aromatic rings. The Balaban J connectivity index is 1.75. The SMILES string of the molecule is Cc1cccc(C(CN2CCNCC2)C2CCCC2)c1. The number of hydrogen-bond donors (Lipinski definition) is 1. The lowest BCUT2D eigenvalue weighted by Gasteiger charge is -2.34. The first kappa shape index (κ1) is 14.1. The fourth-order valence-electron chi connectivity index (χ4n) is 3.96. The van der Waals surface area contributed by atoms with Crippen molar-refractivity contribution in [2.75, 3.05) is 32.7 Å². The van der Waals surface area contributed by atoms with Crippen LogP contribution >= 0.6 is 0 Å². The van der Waals surface area contributed by atoms with E-state index in [1.807, 2.05) is 0 Å². The molecule has 2 fully saturated rings. The predicted molar refractivity (Wildman–Crippen MR) is 85.2 cm³/mol. The van der Waals surface area contributed by atoms with Crippen molar-refractivity contribution in [2.45, 2.75) is 38.5 Å². The monoisotopic (exact) mass is 272 g/mol. The normalized spacial score (nSPS) is 23.1. The van der Waals surface area contributed by atoms with Gasteiger partial charge in [0, 0.05) is 32.7 Å². The molecule has 1 heterocycles. The number of nitrogens with one attached hydrogen (secondary N) is 1. The summed E-state index contributed by atoms with van der Waals surface area (Å²) in [6.07, 6.45) is 5.75. The minimum atomic E-state index is 0.746. The summed E-state index contributed by atoms with van der Waals surface area (Å²) in [5.74, 6) is 1.65. The second kappa shape index (κ2) is 6.73. The zero-order chi connectivity index (χ0) is 13.8. The fourth-order valence-corrected chi connectivity index (χ4v) is 3.96. The average molecular weight is 272 g/mol. The number of aryl methyl sites for hydroxylation is 1. The van der Waals surface area contributed by atoms with Gasteiger partial charge in [0.25, 0.3) is 0 Å². The Morgan fingerprint density at radius 2 is 1.95 bits per heavy atom. The van der Waals surface area contributed by atoms with Gasteiger partial charge in [-0.1, -0.05) is 42.7 Å². The molecule has 3 rings (SSSR count). The number of benzene rings is 1. The Hall–Kier alpha value is -0.860. The molecular formula is C18H28N2. The van der Waals surface area contributed by atoms with Crippen molar-refractivity contribution in [3.63, 3.8) is 0 Å². The summed E-state index contributed by atoms with van der Waals surface area (Å²) in [6.45, 7) is 8.23. The first-order valence-corrected chi connectivity index (χ1v) is 8.32. The third-order valence-corrected chi connectivity index (χ3v) is 5.10. The third-order valence-electron chi connectivity index (χ3n) is 5.10. The zero-order valence-corrected chi connectivity index (χ0v) is 12.8. The van der Waals surface area contributed by atoms with Gasteiger partial charge in [-0.05, 0) is 37.2 Å². The largest absolute Gasteiger partial charge is 0.314 e. The van der Waals surface area contributed by atoms with Crippen LogP contribution in [0.5, 0.6) is 0 Å². The molecule has 1 saturated carbocycles. The quantitative estimate of drug-likeness (QED) is 0.905. The predicted octanol–water partition coefficient (Wildman–Crippen LogP) is 3.17. The van der Waals surface area contributed by atoms with E-state index in [0.717, 1.165) is 24.9 Å². The highest BCUT2D eigenvalue weighted by molar-refractivity contribution is 5.26. The van der Waals surface area contributed by atoms with E-state index in [0.29, 0.717) is 0 Å². The molecule has 110 valence electrons. The molecule has 0 amide bonds. The molecule has 2 heteroatoms. The van der Waals surface area contributed by atoms with Gasteiger partial charge < -0.3 is 10.2 Å². The van der Waals surface area contributed by atoms with Crippen LogP contribution in [0.3, 0.4) is 0 Å².